The van der Waals surface area contributed by atoms with E-state index in [9.17, 15) is 4.79 Å². The smallest absolute Gasteiger partial charge is 0.236 e. The zero-order valence-electron chi connectivity index (χ0n) is 15.0. The average Bonchev–Trinajstić information content (AvgIpc) is 2.88. The molecule has 138 valence electrons. The van der Waals surface area contributed by atoms with Crippen molar-refractivity contribution in [3.8, 4) is 0 Å². The van der Waals surface area contributed by atoms with Crippen LogP contribution in [0.15, 0.2) is 45.9 Å². The lowest BCUT2D eigenvalue weighted by Crippen LogP contribution is -2.31. The van der Waals surface area contributed by atoms with Gasteiger partial charge in [-0.1, -0.05) is 48.0 Å². The summed E-state index contributed by atoms with van der Waals surface area (Å²) in [5, 5.41) is 7.46. The summed E-state index contributed by atoms with van der Waals surface area (Å²) in [6.07, 6.45) is 4.84. The summed E-state index contributed by atoms with van der Waals surface area (Å²) in [6.45, 7) is 3.77. The predicted octanol–water partition coefficient (Wildman–Crippen LogP) is 4.22. The number of carbonyl (C=O) groups excluding carboxylic acids is 1. The second-order valence-corrected chi connectivity index (χ2v) is 7.23. The van der Waals surface area contributed by atoms with Gasteiger partial charge in [-0.15, -0.1) is 0 Å². The van der Waals surface area contributed by atoms with Crippen LogP contribution in [0.4, 0.5) is 11.5 Å². The third kappa shape index (κ3) is 5.62. The van der Waals surface area contributed by atoms with Crippen LogP contribution in [0.5, 0.6) is 0 Å². The van der Waals surface area contributed by atoms with Crippen LogP contribution in [-0.2, 0) is 4.79 Å². The van der Waals surface area contributed by atoms with E-state index in [1.165, 1.54) is 37.4 Å². The first-order valence-electron chi connectivity index (χ1n) is 8.95. The van der Waals surface area contributed by atoms with Gasteiger partial charge in [-0.2, -0.15) is 0 Å². The Labute approximate surface area is 158 Å². The van der Waals surface area contributed by atoms with Gasteiger partial charge in [0.1, 0.15) is 5.76 Å². The molecule has 0 atom stereocenters. The van der Waals surface area contributed by atoms with Crippen molar-refractivity contribution in [2.24, 2.45) is 4.99 Å². The number of para-hydroxylation sites is 1. The molecule has 2 heterocycles. The number of nitrogens with zero attached hydrogens (tertiary/aromatic N) is 3. The van der Waals surface area contributed by atoms with Crippen molar-refractivity contribution in [2.45, 2.75) is 32.6 Å². The normalized spacial score (nSPS) is 15.6. The first-order chi connectivity index (χ1) is 12.7. The summed E-state index contributed by atoms with van der Waals surface area (Å²) in [5.74, 6) is 1.29. The zero-order chi connectivity index (χ0) is 18.2. The molecule has 6 nitrogen and oxygen atoms in total. The zero-order valence-corrected chi connectivity index (χ0v) is 15.8. The van der Waals surface area contributed by atoms with Gasteiger partial charge in [-0.3, -0.25) is 4.79 Å². The second-order valence-electron chi connectivity index (χ2n) is 6.29. The van der Waals surface area contributed by atoms with E-state index in [0.29, 0.717) is 11.6 Å². The highest BCUT2D eigenvalue weighted by Gasteiger charge is 2.17. The number of carbonyl (C=O) groups is 1. The molecule has 1 amide bonds. The lowest BCUT2D eigenvalue weighted by molar-refractivity contribution is -0.113. The fraction of sp³-hybridized carbons (Fsp3) is 0.421. The van der Waals surface area contributed by atoms with Crippen molar-refractivity contribution >= 4 is 34.3 Å². The maximum atomic E-state index is 12.2. The van der Waals surface area contributed by atoms with Crippen LogP contribution < -0.4 is 5.32 Å². The minimum absolute atomic E-state index is 0.112. The van der Waals surface area contributed by atoms with E-state index in [0.717, 1.165) is 23.9 Å². The molecule has 0 unspecified atom stereocenters. The number of aliphatic imine (C=N–C) groups is 1. The summed E-state index contributed by atoms with van der Waals surface area (Å²) >= 11 is 1.47. The van der Waals surface area contributed by atoms with Crippen molar-refractivity contribution in [3.05, 3.63) is 42.2 Å². The minimum atomic E-state index is -0.112. The number of aromatic nitrogens is 1. The molecule has 1 fully saturated rings. The summed E-state index contributed by atoms with van der Waals surface area (Å²) in [5.41, 5.74) is 0.909. The summed E-state index contributed by atoms with van der Waals surface area (Å²) in [6, 6.07) is 11.6. The lowest BCUT2D eigenvalue weighted by Gasteiger charge is -2.23. The highest BCUT2D eigenvalue weighted by atomic mass is 32.2. The van der Waals surface area contributed by atoms with Gasteiger partial charge in [0.05, 0.1) is 11.4 Å². The van der Waals surface area contributed by atoms with Crippen LogP contribution in [0.2, 0.25) is 0 Å². The molecule has 0 bridgehead atoms. The number of hydrogen-bond acceptors (Lipinski definition) is 5. The third-order valence-electron chi connectivity index (χ3n) is 4.09. The first-order valence-corrected chi connectivity index (χ1v) is 9.94. The van der Waals surface area contributed by atoms with Crippen molar-refractivity contribution in [3.63, 3.8) is 0 Å². The molecule has 7 heteroatoms. The molecular weight excluding hydrogens is 348 g/mol. The number of anilines is 1. The highest BCUT2D eigenvalue weighted by molar-refractivity contribution is 8.14. The fourth-order valence-corrected chi connectivity index (χ4v) is 3.67. The van der Waals surface area contributed by atoms with Crippen LogP contribution in [0.3, 0.4) is 0 Å². The summed E-state index contributed by atoms with van der Waals surface area (Å²) < 4.78 is 4.98. The Morgan fingerprint density at radius 3 is 2.62 bits per heavy atom. The number of rotatable bonds is 4. The number of hydrogen-bond donors (Lipinski definition) is 1. The molecule has 2 aromatic rings. The van der Waals surface area contributed by atoms with E-state index in [-0.39, 0.29) is 11.7 Å². The largest absolute Gasteiger partial charge is 0.360 e. The first kappa shape index (κ1) is 18.5. The van der Waals surface area contributed by atoms with Gasteiger partial charge in [0.25, 0.3) is 0 Å². The molecule has 1 aliphatic rings. The van der Waals surface area contributed by atoms with Crippen LogP contribution in [0.25, 0.3) is 0 Å². The van der Waals surface area contributed by atoms with Gasteiger partial charge in [0.15, 0.2) is 11.0 Å². The molecule has 1 aromatic heterocycles. The number of amides is 1. The van der Waals surface area contributed by atoms with E-state index >= 15 is 0 Å². The molecule has 1 aliphatic heterocycles. The van der Waals surface area contributed by atoms with E-state index < -0.39 is 0 Å². The molecule has 0 radical (unpaired) electrons. The SMILES string of the molecule is Cc1cc(NC(=O)CSC(=Nc2ccccc2)N2CCCCCC2)no1. The summed E-state index contributed by atoms with van der Waals surface area (Å²) in [4.78, 5) is 19.3. The van der Waals surface area contributed by atoms with Gasteiger partial charge in [0.2, 0.25) is 5.91 Å². The van der Waals surface area contributed by atoms with Crippen molar-refractivity contribution in [2.75, 3.05) is 24.2 Å². The number of amidine groups is 1. The number of aryl methyl sites for hydroxylation is 1. The number of thioether (sulfide) groups is 1. The van der Waals surface area contributed by atoms with Gasteiger partial charge in [-0.25, -0.2) is 4.99 Å². The second kappa shape index (κ2) is 9.43. The number of benzene rings is 1. The Kier molecular flexibility index (Phi) is 6.71. The van der Waals surface area contributed by atoms with Crippen molar-refractivity contribution < 1.29 is 9.32 Å². The van der Waals surface area contributed by atoms with Gasteiger partial charge in [0, 0.05) is 19.2 Å². The molecule has 0 aliphatic carbocycles. The maximum Gasteiger partial charge on any atom is 0.236 e. The van der Waals surface area contributed by atoms with Gasteiger partial charge in [-0.05, 0) is 31.9 Å². The molecule has 1 N–H and O–H groups in total. The van der Waals surface area contributed by atoms with Crippen molar-refractivity contribution in [1.29, 1.82) is 0 Å². The molecule has 26 heavy (non-hydrogen) atoms. The van der Waals surface area contributed by atoms with Gasteiger partial charge >= 0.3 is 0 Å². The van der Waals surface area contributed by atoms with Crippen LogP contribution >= 0.6 is 11.8 Å². The maximum absolute atomic E-state index is 12.2. The predicted molar refractivity (Wildman–Crippen MR) is 106 cm³/mol. The fourth-order valence-electron chi connectivity index (χ4n) is 2.80. The van der Waals surface area contributed by atoms with E-state index in [4.69, 9.17) is 9.52 Å². The number of nitrogens with one attached hydrogen (secondary N) is 1. The molecule has 0 saturated carbocycles. The lowest BCUT2D eigenvalue weighted by atomic mass is 10.2. The highest BCUT2D eigenvalue weighted by Crippen LogP contribution is 2.21. The Morgan fingerprint density at radius 2 is 1.96 bits per heavy atom. The Hall–Kier alpha value is -2.28. The molecular formula is C19H24N4O2S. The summed E-state index contributed by atoms with van der Waals surface area (Å²) in [7, 11) is 0. The van der Waals surface area contributed by atoms with E-state index in [1.54, 1.807) is 13.0 Å². The Balaban J connectivity index is 1.66. The van der Waals surface area contributed by atoms with Crippen molar-refractivity contribution in [1.82, 2.24) is 10.1 Å². The third-order valence-corrected chi connectivity index (χ3v) is 5.10. The Morgan fingerprint density at radius 1 is 1.23 bits per heavy atom. The standard InChI is InChI=1S/C19H24N4O2S/c1-15-13-17(22-25-15)21-18(24)14-26-19(20-16-9-5-4-6-10-16)23-11-7-2-3-8-12-23/h4-6,9-10,13H,2-3,7-8,11-12,14H2,1H3,(H,21,22,24). The number of likely N-dealkylation sites (tertiary alicyclic amines) is 1. The molecule has 3 rings (SSSR count). The molecule has 0 spiro atoms. The molecule has 1 saturated heterocycles. The Bertz CT molecular complexity index is 737. The van der Waals surface area contributed by atoms with Crippen LogP contribution in [-0.4, -0.2) is 40.0 Å². The molecule has 1 aromatic carbocycles. The minimum Gasteiger partial charge on any atom is -0.360 e. The van der Waals surface area contributed by atoms with Crippen LogP contribution in [0, 0.1) is 6.92 Å². The van der Waals surface area contributed by atoms with E-state index in [1.807, 2.05) is 30.3 Å². The average molecular weight is 372 g/mol. The monoisotopic (exact) mass is 372 g/mol. The van der Waals surface area contributed by atoms with Gasteiger partial charge < -0.3 is 14.7 Å². The quantitative estimate of drug-likeness (QED) is 0.643. The topological polar surface area (TPSA) is 70.7 Å². The van der Waals surface area contributed by atoms with Crippen LogP contribution in [0.1, 0.15) is 31.4 Å². The van der Waals surface area contributed by atoms with E-state index in [2.05, 4.69) is 15.4 Å².